The molecule has 3 aromatic rings. The molecule has 4 heteroatoms. The molecule has 3 rings (SSSR count). The van der Waals surface area contributed by atoms with Crippen LogP contribution in [0.4, 0.5) is 0 Å². The van der Waals surface area contributed by atoms with Crippen molar-refractivity contribution in [2.75, 3.05) is 5.75 Å². The van der Waals surface area contributed by atoms with Crippen LogP contribution < -0.4 is 0 Å². The van der Waals surface area contributed by atoms with E-state index in [9.17, 15) is 8.42 Å². The Morgan fingerprint density at radius 2 is 1.59 bits per heavy atom. The van der Waals surface area contributed by atoms with Crippen LogP contribution in [-0.2, 0) is 20.9 Å². The summed E-state index contributed by atoms with van der Waals surface area (Å²) in [4.78, 5) is 0. The van der Waals surface area contributed by atoms with Gasteiger partial charge in [0, 0.05) is 0 Å². The Bertz CT molecular complexity index is 914. The van der Waals surface area contributed by atoms with Crippen molar-refractivity contribution < 1.29 is 12.6 Å². The summed E-state index contributed by atoms with van der Waals surface area (Å²) in [5.41, 5.74) is 0.892. The van der Waals surface area contributed by atoms with Gasteiger partial charge in [-0.2, -0.15) is 8.42 Å². The van der Waals surface area contributed by atoms with Crippen LogP contribution in [0.25, 0.3) is 21.5 Å². The summed E-state index contributed by atoms with van der Waals surface area (Å²) in [6, 6.07) is 18.2. The first kappa shape index (κ1) is 15.0. The van der Waals surface area contributed by atoms with Crippen LogP contribution >= 0.6 is 0 Å². The third kappa shape index (κ3) is 3.13. The molecule has 114 valence electrons. The Balaban J connectivity index is 2.01. The lowest BCUT2D eigenvalue weighted by atomic mass is 10.0. The van der Waals surface area contributed by atoms with Gasteiger partial charge in [0.1, 0.15) is 0 Å². The van der Waals surface area contributed by atoms with Gasteiger partial charge in [-0.3, -0.25) is 4.18 Å². The zero-order valence-electron chi connectivity index (χ0n) is 12.5. The second-order valence-corrected chi connectivity index (χ2v) is 7.12. The van der Waals surface area contributed by atoms with Crippen molar-refractivity contribution in [1.82, 2.24) is 0 Å². The molecule has 0 unspecified atom stereocenters. The minimum Gasteiger partial charge on any atom is -0.265 e. The molecule has 0 spiro atoms. The Morgan fingerprint density at radius 1 is 0.909 bits per heavy atom. The molecule has 22 heavy (non-hydrogen) atoms. The van der Waals surface area contributed by atoms with Crippen molar-refractivity contribution in [3.8, 4) is 0 Å². The van der Waals surface area contributed by atoms with Gasteiger partial charge < -0.3 is 0 Å². The number of rotatable bonds is 5. The molecule has 0 saturated carbocycles. The summed E-state index contributed by atoms with van der Waals surface area (Å²) in [6.07, 6.45) is 0.558. The number of hydrogen-bond acceptors (Lipinski definition) is 3. The van der Waals surface area contributed by atoms with Crippen LogP contribution in [-0.4, -0.2) is 14.2 Å². The minimum absolute atomic E-state index is 0.0562. The maximum atomic E-state index is 11.7. The zero-order chi connectivity index (χ0) is 15.6. The highest BCUT2D eigenvalue weighted by Crippen LogP contribution is 2.26. The molecular formula is C18H18O3S. The molecule has 0 fully saturated rings. The van der Waals surface area contributed by atoms with Gasteiger partial charge in [0.2, 0.25) is 0 Å². The van der Waals surface area contributed by atoms with Crippen LogP contribution in [0, 0.1) is 0 Å². The molecule has 0 saturated heterocycles. The Hall–Kier alpha value is -1.91. The second-order valence-electron chi connectivity index (χ2n) is 5.36. The average Bonchev–Trinajstić information content (AvgIpc) is 2.51. The summed E-state index contributed by atoms with van der Waals surface area (Å²) in [5.74, 6) is 0.0562. The minimum atomic E-state index is -3.44. The van der Waals surface area contributed by atoms with Crippen LogP contribution in [0.2, 0.25) is 0 Å². The van der Waals surface area contributed by atoms with E-state index in [1.54, 1.807) is 0 Å². The predicted molar refractivity (Wildman–Crippen MR) is 90.3 cm³/mol. The lowest BCUT2D eigenvalue weighted by Gasteiger charge is -2.09. The monoisotopic (exact) mass is 314 g/mol. The van der Waals surface area contributed by atoms with Gasteiger partial charge in [-0.05, 0) is 45.7 Å². The fraction of sp³-hybridized carbons (Fsp3) is 0.222. The molecule has 0 amide bonds. The summed E-state index contributed by atoms with van der Waals surface area (Å²) >= 11 is 0. The van der Waals surface area contributed by atoms with Crippen molar-refractivity contribution in [2.24, 2.45) is 0 Å². The standard InChI is InChI=1S/C18H18O3S/c1-2-10-22(19,20)21-13-17-9-5-8-16-11-14-6-3-4-7-15(14)12-18(16)17/h3-9,11-12H,2,10,13H2,1H3. The molecule has 0 N–H and O–H groups in total. The average molecular weight is 314 g/mol. The van der Waals surface area contributed by atoms with Gasteiger partial charge in [0.05, 0.1) is 12.4 Å². The number of benzene rings is 3. The highest BCUT2D eigenvalue weighted by Gasteiger charge is 2.11. The molecule has 0 aliphatic rings. The van der Waals surface area contributed by atoms with E-state index >= 15 is 0 Å². The van der Waals surface area contributed by atoms with E-state index in [1.807, 2.05) is 37.3 Å². The van der Waals surface area contributed by atoms with Gasteiger partial charge in [-0.25, -0.2) is 0 Å². The first-order valence-corrected chi connectivity index (χ1v) is 8.94. The van der Waals surface area contributed by atoms with E-state index in [2.05, 4.69) is 24.3 Å². The number of hydrogen-bond donors (Lipinski definition) is 0. The van der Waals surface area contributed by atoms with Gasteiger partial charge >= 0.3 is 0 Å². The second kappa shape index (κ2) is 6.07. The highest BCUT2D eigenvalue weighted by molar-refractivity contribution is 7.86. The smallest absolute Gasteiger partial charge is 0.265 e. The fourth-order valence-electron chi connectivity index (χ4n) is 2.62. The van der Waals surface area contributed by atoms with Crippen molar-refractivity contribution in [2.45, 2.75) is 20.0 Å². The first-order chi connectivity index (χ1) is 10.6. The highest BCUT2D eigenvalue weighted by atomic mass is 32.2. The van der Waals surface area contributed by atoms with Gasteiger partial charge in [0.25, 0.3) is 10.1 Å². The lowest BCUT2D eigenvalue weighted by Crippen LogP contribution is -2.09. The SMILES string of the molecule is CCCS(=O)(=O)OCc1cccc2cc3ccccc3cc12. The molecule has 3 aromatic carbocycles. The van der Waals surface area contributed by atoms with Gasteiger partial charge in [-0.15, -0.1) is 0 Å². The summed E-state index contributed by atoms with van der Waals surface area (Å²) < 4.78 is 28.6. The quantitative estimate of drug-likeness (QED) is 0.522. The van der Waals surface area contributed by atoms with Crippen molar-refractivity contribution >= 4 is 31.7 Å². The lowest BCUT2D eigenvalue weighted by molar-refractivity contribution is 0.309. The maximum absolute atomic E-state index is 11.7. The molecule has 3 nitrogen and oxygen atoms in total. The Labute approximate surface area is 130 Å². The summed E-state index contributed by atoms with van der Waals surface area (Å²) in [5, 5.41) is 4.44. The van der Waals surface area contributed by atoms with Crippen LogP contribution in [0.3, 0.4) is 0 Å². The van der Waals surface area contributed by atoms with Gasteiger partial charge in [0.15, 0.2) is 0 Å². The largest absolute Gasteiger partial charge is 0.267 e. The van der Waals surface area contributed by atoms with Crippen molar-refractivity contribution in [1.29, 1.82) is 0 Å². The van der Waals surface area contributed by atoms with Gasteiger partial charge in [-0.1, -0.05) is 49.4 Å². The predicted octanol–water partition coefficient (Wildman–Crippen LogP) is 4.25. The van der Waals surface area contributed by atoms with E-state index in [1.165, 1.54) is 5.39 Å². The van der Waals surface area contributed by atoms with Crippen LogP contribution in [0.1, 0.15) is 18.9 Å². The molecule has 0 atom stereocenters. The third-order valence-corrected chi connectivity index (χ3v) is 5.07. The molecule has 0 radical (unpaired) electrons. The third-order valence-electron chi connectivity index (χ3n) is 3.69. The molecule has 0 aromatic heterocycles. The maximum Gasteiger partial charge on any atom is 0.267 e. The van der Waals surface area contributed by atoms with Crippen LogP contribution in [0.5, 0.6) is 0 Å². The molecule has 0 bridgehead atoms. The molecular weight excluding hydrogens is 296 g/mol. The van der Waals surface area contributed by atoms with E-state index in [0.717, 1.165) is 21.7 Å². The zero-order valence-corrected chi connectivity index (χ0v) is 13.3. The van der Waals surface area contributed by atoms with E-state index in [0.29, 0.717) is 6.42 Å². The molecule has 0 aliphatic carbocycles. The van der Waals surface area contributed by atoms with E-state index < -0.39 is 10.1 Å². The Morgan fingerprint density at radius 3 is 2.32 bits per heavy atom. The summed E-state index contributed by atoms with van der Waals surface area (Å²) in [6.45, 7) is 1.91. The number of fused-ring (bicyclic) bond motifs is 2. The van der Waals surface area contributed by atoms with Crippen molar-refractivity contribution in [3.05, 3.63) is 60.2 Å². The summed E-state index contributed by atoms with van der Waals surface area (Å²) in [7, 11) is -3.44. The van der Waals surface area contributed by atoms with Crippen LogP contribution in [0.15, 0.2) is 54.6 Å². The van der Waals surface area contributed by atoms with Crippen molar-refractivity contribution in [3.63, 3.8) is 0 Å². The fourth-order valence-corrected chi connectivity index (χ4v) is 3.54. The molecule has 0 aliphatic heterocycles. The van der Waals surface area contributed by atoms with E-state index in [4.69, 9.17) is 4.18 Å². The Kier molecular flexibility index (Phi) is 4.14. The van der Waals surface area contributed by atoms with E-state index in [-0.39, 0.29) is 12.4 Å². The molecule has 0 heterocycles. The topological polar surface area (TPSA) is 43.4 Å². The normalized spacial score (nSPS) is 12.0. The first-order valence-electron chi connectivity index (χ1n) is 7.36.